The summed E-state index contributed by atoms with van der Waals surface area (Å²) in [7, 11) is 0. The fourth-order valence-electron chi connectivity index (χ4n) is 3.33. The van der Waals surface area contributed by atoms with Crippen molar-refractivity contribution in [1.29, 1.82) is 0 Å². The lowest BCUT2D eigenvalue weighted by molar-refractivity contribution is 0.590. The van der Waals surface area contributed by atoms with Crippen molar-refractivity contribution in [1.82, 2.24) is 4.98 Å². The molecule has 25 heavy (non-hydrogen) atoms. The molecule has 1 aromatic heterocycles. The van der Waals surface area contributed by atoms with Crippen molar-refractivity contribution in [2.75, 3.05) is 0 Å². The third kappa shape index (κ3) is 4.51. The van der Waals surface area contributed by atoms with E-state index in [4.69, 9.17) is 11.6 Å². The fourth-order valence-corrected chi connectivity index (χ4v) is 5.03. The molecule has 2 aromatic rings. The number of aromatic nitrogens is 1. The van der Waals surface area contributed by atoms with Gasteiger partial charge in [-0.3, -0.25) is 4.79 Å². The summed E-state index contributed by atoms with van der Waals surface area (Å²) < 4.78 is 0. The Morgan fingerprint density at radius 1 is 1.08 bits per heavy atom. The van der Waals surface area contributed by atoms with Gasteiger partial charge in [0.15, 0.2) is 0 Å². The summed E-state index contributed by atoms with van der Waals surface area (Å²) in [6.07, 6.45) is 5.15. The second-order valence-corrected chi connectivity index (χ2v) is 9.70. The maximum atomic E-state index is 12.0. The Morgan fingerprint density at radius 3 is 2.28 bits per heavy atom. The van der Waals surface area contributed by atoms with Crippen LogP contribution < -0.4 is 5.56 Å². The SMILES string of the molecule is CC(C)(C)c1ccc(C(SC2CCCC2)c2ccc(Cl)c(=O)[nH]2)cc1. The number of rotatable bonds is 4. The number of pyridine rings is 1. The van der Waals surface area contributed by atoms with Crippen LogP contribution in [0.1, 0.15) is 68.5 Å². The molecule has 3 rings (SSSR count). The predicted octanol–water partition coefficient (Wildman–Crippen LogP) is 6.09. The second kappa shape index (κ2) is 7.59. The van der Waals surface area contributed by atoms with Crippen LogP contribution in [0.15, 0.2) is 41.2 Å². The maximum Gasteiger partial charge on any atom is 0.266 e. The quantitative estimate of drug-likeness (QED) is 0.701. The van der Waals surface area contributed by atoms with E-state index in [0.717, 1.165) is 5.69 Å². The summed E-state index contributed by atoms with van der Waals surface area (Å²) >= 11 is 7.90. The molecular weight excluding hydrogens is 350 g/mol. The molecule has 1 fully saturated rings. The highest BCUT2D eigenvalue weighted by molar-refractivity contribution is 8.00. The largest absolute Gasteiger partial charge is 0.323 e. The van der Waals surface area contributed by atoms with Crippen molar-refractivity contribution in [2.24, 2.45) is 0 Å². The normalized spacial score (nSPS) is 17.0. The van der Waals surface area contributed by atoms with E-state index in [1.807, 2.05) is 17.8 Å². The van der Waals surface area contributed by atoms with Gasteiger partial charge in [-0.1, -0.05) is 69.5 Å². The Bertz CT molecular complexity index is 770. The molecule has 1 saturated carbocycles. The lowest BCUT2D eigenvalue weighted by Gasteiger charge is -2.23. The molecule has 1 N–H and O–H groups in total. The van der Waals surface area contributed by atoms with Gasteiger partial charge in [-0.05, 0) is 41.5 Å². The summed E-state index contributed by atoms with van der Waals surface area (Å²) in [5.74, 6) is 0. The molecule has 1 heterocycles. The van der Waals surface area contributed by atoms with Crippen LogP contribution in [0, 0.1) is 0 Å². The van der Waals surface area contributed by atoms with Crippen LogP contribution in [0.3, 0.4) is 0 Å². The minimum absolute atomic E-state index is 0.140. The van der Waals surface area contributed by atoms with Crippen LogP contribution in [0.5, 0.6) is 0 Å². The highest BCUT2D eigenvalue weighted by Crippen LogP contribution is 2.43. The minimum Gasteiger partial charge on any atom is -0.323 e. The van der Waals surface area contributed by atoms with E-state index in [0.29, 0.717) is 5.25 Å². The number of benzene rings is 1. The molecule has 0 saturated heterocycles. The van der Waals surface area contributed by atoms with E-state index in [9.17, 15) is 4.79 Å². The van der Waals surface area contributed by atoms with Crippen LogP contribution in [-0.4, -0.2) is 10.2 Å². The average molecular weight is 376 g/mol. The first-order chi connectivity index (χ1) is 11.8. The smallest absolute Gasteiger partial charge is 0.266 e. The van der Waals surface area contributed by atoms with Gasteiger partial charge >= 0.3 is 0 Å². The van der Waals surface area contributed by atoms with Crippen LogP contribution in [-0.2, 0) is 5.41 Å². The number of hydrogen-bond acceptors (Lipinski definition) is 2. The lowest BCUT2D eigenvalue weighted by Crippen LogP contribution is -2.14. The van der Waals surface area contributed by atoms with Gasteiger partial charge in [0.25, 0.3) is 5.56 Å². The molecule has 1 atom stereocenters. The van der Waals surface area contributed by atoms with Crippen molar-refractivity contribution in [3.05, 3.63) is 68.6 Å². The summed E-state index contributed by atoms with van der Waals surface area (Å²) in [6.45, 7) is 6.68. The average Bonchev–Trinajstić information content (AvgIpc) is 3.08. The summed E-state index contributed by atoms with van der Waals surface area (Å²) in [4.78, 5) is 15.0. The zero-order valence-corrected chi connectivity index (χ0v) is 16.7. The van der Waals surface area contributed by atoms with Crippen LogP contribution >= 0.6 is 23.4 Å². The van der Waals surface area contributed by atoms with Crippen molar-refractivity contribution in [3.8, 4) is 0 Å². The highest BCUT2D eigenvalue weighted by Gasteiger charge is 2.24. The second-order valence-electron chi connectivity index (χ2n) is 7.89. The summed E-state index contributed by atoms with van der Waals surface area (Å²) in [5.41, 5.74) is 3.44. The fraction of sp³-hybridized carbons (Fsp3) is 0.476. The zero-order chi connectivity index (χ0) is 18.0. The van der Waals surface area contributed by atoms with Gasteiger partial charge in [-0.2, -0.15) is 0 Å². The van der Waals surface area contributed by atoms with Gasteiger partial charge < -0.3 is 4.98 Å². The van der Waals surface area contributed by atoms with Gasteiger partial charge in [0.1, 0.15) is 5.02 Å². The van der Waals surface area contributed by atoms with E-state index in [-0.39, 0.29) is 21.2 Å². The van der Waals surface area contributed by atoms with Crippen LogP contribution in [0.2, 0.25) is 5.02 Å². The molecule has 1 aliphatic rings. The number of H-pyrrole nitrogens is 1. The number of aromatic amines is 1. The molecule has 4 heteroatoms. The number of halogens is 1. The first-order valence-electron chi connectivity index (χ1n) is 8.99. The Labute approximate surface area is 159 Å². The lowest BCUT2D eigenvalue weighted by atomic mass is 9.86. The van der Waals surface area contributed by atoms with Crippen molar-refractivity contribution >= 4 is 23.4 Å². The Morgan fingerprint density at radius 2 is 1.72 bits per heavy atom. The monoisotopic (exact) mass is 375 g/mol. The van der Waals surface area contributed by atoms with Crippen molar-refractivity contribution in [3.63, 3.8) is 0 Å². The third-order valence-corrected chi connectivity index (χ3v) is 6.83. The van der Waals surface area contributed by atoms with E-state index in [1.165, 1.54) is 36.8 Å². The standard InChI is InChI=1S/C21H26ClNOS/c1-21(2,3)15-10-8-14(9-11-15)19(25-16-6-4-5-7-16)18-13-12-17(22)20(24)23-18/h8-13,16,19H,4-7H2,1-3H3,(H,23,24). The summed E-state index contributed by atoms with van der Waals surface area (Å²) in [6, 6.07) is 12.5. The molecule has 1 aliphatic carbocycles. The van der Waals surface area contributed by atoms with Gasteiger partial charge in [-0.15, -0.1) is 11.8 Å². The number of thioether (sulfide) groups is 1. The first-order valence-corrected chi connectivity index (χ1v) is 10.3. The van der Waals surface area contributed by atoms with Crippen molar-refractivity contribution in [2.45, 2.75) is 62.4 Å². The molecule has 0 radical (unpaired) electrons. The molecule has 0 amide bonds. The molecular formula is C21H26ClNOS. The van der Waals surface area contributed by atoms with Crippen LogP contribution in [0.4, 0.5) is 0 Å². The topological polar surface area (TPSA) is 32.9 Å². The number of hydrogen-bond donors (Lipinski definition) is 1. The predicted molar refractivity (Wildman–Crippen MR) is 109 cm³/mol. The summed E-state index contributed by atoms with van der Waals surface area (Å²) in [5, 5.41) is 1.05. The Hall–Kier alpha value is -1.19. The third-order valence-electron chi connectivity index (χ3n) is 4.88. The van der Waals surface area contributed by atoms with E-state index in [2.05, 4.69) is 50.0 Å². The molecule has 134 valence electrons. The van der Waals surface area contributed by atoms with Gasteiger partial charge in [0.05, 0.1) is 5.25 Å². The minimum atomic E-state index is -0.206. The Kier molecular flexibility index (Phi) is 5.65. The first kappa shape index (κ1) is 18.6. The molecule has 1 unspecified atom stereocenters. The molecule has 0 bridgehead atoms. The maximum absolute atomic E-state index is 12.0. The van der Waals surface area contributed by atoms with Crippen molar-refractivity contribution < 1.29 is 0 Å². The van der Waals surface area contributed by atoms with E-state index < -0.39 is 0 Å². The van der Waals surface area contributed by atoms with E-state index in [1.54, 1.807) is 6.07 Å². The zero-order valence-electron chi connectivity index (χ0n) is 15.1. The van der Waals surface area contributed by atoms with Gasteiger partial charge in [0, 0.05) is 10.9 Å². The highest BCUT2D eigenvalue weighted by atomic mass is 35.5. The van der Waals surface area contributed by atoms with Gasteiger partial charge in [-0.25, -0.2) is 0 Å². The Balaban J connectivity index is 1.95. The van der Waals surface area contributed by atoms with E-state index >= 15 is 0 Å². The molecule has 1 aromatic carbocycles. The molecule has 0 spiro atoms. The number of nitrogens with one attached hydrogen (secondary N) is 1. The molecule has 2 nitrogen and oxygen atoms in total. The molecule has 0 aliphatic heterocycles. The van der Waals surface area contributed by atoms with Gasteiger partial charge in [0.2, 0.25) is 0 Å². The van der Waals surface area contributed by atoms with Crippen LogP contribution in [0.25, 0.3) is 0 Å².